The molecule has 20 heavy (non-hydrogen) atoms. The molecule has 0 aliphatic heterocycles. The molecule has 6 heteroatoms. The number of hydrogen-bond acceptors (Lipinski definition) is 4. The van der Waals surface area contributed by atoms with Gasteiger partial charge in [-0.2, -0.15) is 0 Å². The molecule has 0 bridgehead atoms. The smallest absolute Gasteiger partial charge is 0.309 e. The van der Waals surface area contributed by atoms with Crippen molar-refractivity contribution in [1.29, 1.82) is 0 Å². The van der Waals surface area contributed by atoms with Crippen LogP contribution >= 0.6 is 0 Å². The van der Waals surface area contributed by atoms with Gasteiger partial charge < -0.3 is 20.1 Å². The normalized spacial score (nSPS) is 10.1. The van der Waals surface area contributed by atoms with Crippen molar-refractivity contribution < 1.29 is 19.1 Å². The molecule has 0 spiro atoms. The maximum Gasteiger partial charge on any atom is 0.309 e. The van der Waals surface area contributed by atoms with Crippen LogP contribution in [0.2, 0.25) is 0 Å². The molecule has 0 aliphatic rings. The molecule has 1 aromatic carbocycles. The lowest BCUT2D eigenvalue weighted by molar-refractivity contribution is -0.139. The van der Waals surface area contributed by atoms with Crippen LogP contribution in [0.1, 0.15) is 19.4 Å². The first-order chi connectivity index (χ1) is 9.47. The van der Waals surface area contributed by atoms with Crippen molar-refractivity contribution in [3.05, 3.63) is 23.8 Å². The Morgan fingerprint density at radius 3 is 2.30 bits per heavy atom. The molecule has 2 N–H and O–H groups in total. The van der Waals surface area contributed by atoms with E-state index in [0.717, 1.165) is 5.56 Å². The number of benzene rings is 1. The topological polar surface area (TPSA) is 76.7 Å². The molecule has 6 nitrogen and oxygen atoms in total. The molecule has 1 aromatic rings. The Bertz CT molecular complexity index is 486. The second-order valence-electron chi connectivity index (χ2n) is 4.50. The first-order valence-electron chi connectivity index (χ1n) is 6.27. The molecule has 0 aliphatic carbocycles. The molecule has 0 saturated carbocycles. The van der Waals surface area contributed by atoms with Gasteiger partial charge in [0, 0.05) is 12.6 Å². The predicted octanol–water partition coefficient (Wildman–Crippen LogP) is 0.845. The maximum atomic E-state index is 11.6. The van der Waals surface area contributed by atoms with Crippen LogP contribution in [-0.4, -0.2) is 32.1 Å². The summed E-state index contributed by atoms with van der Waals surface area (Å²) >= 11 is 0. The average molecular weight is 280 g/mol. The van der Waals surface area contributed by atoms with Crippen LogP contribution < -0.4 is 20.1 Å². The Morgan fingerprint density at radius 2 is 1.75 bits per heavy atom. The summed E-state index contributed by atoms with van der Waals surface area (Å²) in [4.78, 5) is 23.0. The molecular weight excluding hydrogens is 260 g/mol. The molecule has 0 heterocycles. The van der Waals surface area contributed by atoms with Gasteiger partial charge >= 0.3 is 11.8 Å². The standard InChI is InChI=1S/C14H20N2O4/c1-9(2)16-14(18)13(17)15-8-10-5-6-11(19-3)12(7-10)20-4/h5-7,9H,8H2,1-4H3,(H,15,17)(H,16,18). The Morgan fingerprint density at radius 1 is 1.10 bits per heavy atom. The summed E-state index contributed by atoms with van der Waals surface area (Å²) in [6.45, 7) is 3.82. The maximum absolute atomic E-state index is 11.6. The second-order valence-corrected chi connectivity index (χ2v) is 4.50. The summed E-state index contributed by atoms with van der Waals surface area (Å²) in [6.07, 6.45) is 0. The molecule has 0 radical (unpaired) electrons. The van der Waals surface area contributed by atoms with Crippen molar-refractivity contribution in [3.63, 3.8) is 0 Å². The summed E-state index contributed by atoms with van der Waals surface area (Å²) in [5, 5.41) is 5.07. The van der Waals surface area contributed by atoms with Crippen LogP contribution in [-0.2, 0) is 16.1 Å². The van der Waals surface area contributed by atoms with Crippen molar-refractivity contribution in [3.8, 4) is 11.5 Å². The van der Waals surface area contributed by atoms with Crippen molar-refractivity contribution in [1.82, 2.24) is 10.6 Å². The van der Waals surface area contributed by atoms with Gasteiger partial charge in [-0.15, -0.1) is 0 Å². The molecule has 0 aromatic heterocycles. The molecule has 0 unspecified atom stereocenters. The van der Waals surface area contributed by atoms with Crippen molar-refractivity contribution >= 4 is 11.8 Å². The molecule has 1 rings (SSSR count). The lowest BCUT2D eigenvalue weighted by atomic mass is 10.2. The first kappa shape index (κ1) is 15.8. The van der Waals surface area contributed by atoms with Crippen LogP contribution in [0.4, 0.5) is 0 Å². The third kappa shape index (κ3) is 4.46. The number of carbonyl (C=O) groups is 2. The zero-order valence-electron chi connectivity index (χ0n) is 12.1. The molecule has 0 fully saturated rings. The average Bonchev–Trinajstić information content (AvgIpc) is 2.43. The van der Waals surface area contributed by atoms with E-state index in [1.54, 1.807) is 39.2 Å². The fraction of sp³-hybridized carbons (Fsp3) is 0.429. The molecule has 0 saturated heterocycles. The van der Waals surface area contributed by atoms with E-state index in [9.17, 15) is 9.59 Å². The van der Waals surface area contributed by atoms with Crippen molar-refractivity contribution in [2.75, 3.05) is 14.2 Å². The summed E-state index contributed by atoms with van der Waals surface area (Å²) in [7, 11) is 3.09. The zero-order chi connectivity index (χ0) is 15.1. The fourth-order valence-corrected chi connectivity index (χ4v) is 1.58. The number of carbonyl (C=O) groups excluding carboxylic acids is 2. The SMILES string of the molecule is COc1ccc(CNC(=O)C(=O)NC(C)C)cc1OC. The number of methoxy groups -OCH3 is 2. The van der Waals surface area contributed by atoms with Gasteiger partial charge in [0.1, 0.15) is 0 Å². The van der Waals surface area contributed by atoms with Gasteiger partial charge in [-0.3, -0.25) is 9.59 Å². The zero-order valence-corrected chi connectivity index (χ0v) is 12.1. The highest BCUT2D eigenvalue weighted by Crippen LogP contribution is 2.27. The van der Waals surface area contributed by atoms with Gasteiger partial charge in [0.15, 0.2) is 11.5 Å². The quantitative estimate of drug-likeness (QED) is 0.784. The van der Waals surface area contributed by atoms with E-state index < -0.39 is 11.8 Å². The van der Waals surface area contributed by atoms with Gasteiger partial charge in [-0.25, -0.2) is 0 Å². The van der Waals surface area contributed by atoms with E-state index in [1.807, 2.05) is 0 Å². The van der Waals surface area contributed by atoms with Crippen LogP contribution in [0.5, 0.6) is 11.5 Å². The summed E-state index contributed by atoms with van der Waals surface area (Å²) in [6, 6.07) is 5.21. The summed E-state index contributed by atoms with van der Waals surface area (Å²) < 4.78 is 10.3. The van der Waals surface area contributed by atoms with Crippen molar-refractivity contribution in [2.24, 2.45) is 0 Å². The minimum atomic E-state index is -0.659. The van der Waals surface area contributed by atoms with E-state index in [-0.39, 0.29) is 12.6 Å². The minimum Gasteiger partial charge on any atom is -0.493 e. The number of ether oxygens (including phenoxy) is 2. The van der Waals surface area contributed by atoms with E-state index in [4.69, 9.17) is 9.47 Å². The van der Waals surface area contributed by atoms with Gasteiger partial charge in [0.25, 0.3) is 0 Å². The number of hydrogen-bond donors (Lipinski definition) is 2. The third-order valence-electron chi connectivity index (χ3n) is 2.53. The lowest BCUT2D eigenvalue weighted by Gasteiger charge is -2.11. The van der Waals surface area contributed by atoms with E-state index >= 15 is 0 Å². The minimum absolute atomic E-state index is 0.0747. The van der Waals surface area contributed by atoms with Crippen molar-refractivity contribution in [2.45, 2.75) is 26.4 Å². The highest BCUT2D eigenvalue weighted by atomic mass is 16.5. The Hall–Kier alpha value is -2.24. The number of nitrogens with one attached hydrogen (secondary N) is 2. The van der Waals surface area contributed by atoms with E-state index in [1.165, 1.54) is 7.11 Å². The highest BCUT2D eigenvalue weighted by molar-refractivity contribution is 6.35. The second kappa shape index (κ2) is 7.37. The van der Waals surface area contributed by atoms with Crippen LogP contribution in [0, 0.1) is 0 Å². The van der Waals surface area contributed by atoms with Crippen LogP contribution in [0.15, 0.2) is 18.2 Å². The largest absolute Gasteiger partial charge is 0.493 e. The number of amides is 2. The third-order valence-corrected chi connectivity index (χ3v) is 2.53. The number of rotatable bonds is 5. The summed E-state index contributed by atoms with van der Waals surface area (Å²) in [5.74, 6) is -0.111. The highest BCUT2D eigenvalue weighted by Gasteiger charge is 2.14. The van der Waals surface area contributed by atoms with Gasteiger partial charge in [-0.05, 0) is 31.5 Å². The Balaban J connectivity index is 2.61. The lowest BCUT2D eigenvalue weighted by Crippen LogP contribution is -2.42. The molecule has 2 amide bonds. The Kier molecular flexibility index (Phi) is 5.83. The molecular formula is C14H20N2O4. The van der Waals surface area contributed by atoms with Crippen LogP contribution in [0.3, 0.4) is 0 Å². The van der Waals surface area contributed by atoms with Crippen LogP contribution in [0.25, 0.3) is 0 Å². The fourth-order valence-electron chi connectivity index (χ4n) is 1.58. The Labute approximate surface area is 118 Å². The van der Waals surface area contributed by atoms with Gasteiger partial charge in [0.2, 0.25) is 0 Å². The predicted molar refractivity (Wildman–Crippen MR) is 74.7 cm³/mol. The van der Waals surface area contributed by atoms with E-state index in [0.29, 0.717) is 11.5 Å². The molecule has 0 atom stereocenters. The monoisotopic (exact) mass is 280 g/mol. The molecule has 110 valence electrons. The van der Waals surface area contributed by atoms with Gasteiger partial charge in [0.05, 0.1) is 14.2 Å². The first-order valence-corrected chi connectivity index (χ1v) is 6.27. The van der Waals surface area contributed by atoms with E-state index in [2.05, 4.69) is 10.6 Å². The summed E-state index contributed by atoms with van der Waals surface area (Å²) in [5.41, 5.74) is 0.813. The van der Waals surface area contributed by atoms with Gasteiger partial charge in [-0.1, -0.05) is 6.07 Å².